The van der Waals surface area contributed by atoms with Gasteiger partial charge in [0.15, 0.2) is 11.5 Å². The van der Waals surface area contributed by atoms with Gasteiger partial charge in [0, 0.05) is 11.1 Å². The van der Waals surface area contributed by atoms with Gasteiger partial charge in [-0.1, -0.05) is 37.3 Å². The van der Waals surface area contributed by atoms with Gasteiger partial charge < -0.3 is 19.8 Å². The topological polar surface area (TPSA) is 92.8 Å². The highest BCUT2D eigenvalue weighted by Crippen LogP contribution is 2.44. The van der Waals surface area contributed by atoms with Gasteiger partial charge in [0.25, 0.3) is 0 Å². The first-order valence-electron chi connectivity index (χ1n) is 10.3. The number of aromatic amines is 1. The number of halogens is 1. The summed E-state index contributed by atoms with van der Waals surface area (Å²) < 4.78 is 20.5. The molecule has 5 rings (SSSR count). The quantitative estimate of drug-likeness (QED) is 0.440. The second-order valence-electron chi connectivity index (χ2n) is 7.47. The van der Waals surface area contributed by atoms with Crippen molar-refractivity contribution < 1.29 is 13.9 Å². The smallest absolute Gasteiger partial charge is 0.162 e. The lowest BCUT2D eigenvalue weighted by Gasteiger charge is -2.32. The molecule has 2 atom stereocenters. The molecule has 0 aliphatic carbocycles. The monoisotopic (exact) mass is 429 g/mol. The van der Waals surface area contributed by atoms with Crippen molar-refractivity contribution in [2.45, 2.75) is 25.3 Å². The Morgan fingerprint density at radius 2 is 2.06 bits per heavy atom. The van der Waals surface area contributed by atoms with E-state index in [4.69, 9.17) is 4.74 Å². The number of allylic oxidation sites excluding steroid dienone is 1. The molecule has 2 aromatic heterocycles. The zero-order valence-corrected chi connectivity index (χ0v) is 17.2. The average Bonchev–Trinajstić information content (AvgIpc) is 3.31. The van der Waals surface area contributed by atoms with Crippen molar-refractivity contribution in [2.75, 3.05) is 5.32 Å². The van der Waals surface area contributed by atoms with Crippen LogP contribution in [0.4, 0.5) is 10.2 Å². The van der Waals surface area contributed by atoms with Crippen LogP contribution in [0.1, 0.15) is 30.4 Å². The van der Waals surface area contributed by atoms with Gasteiger partial charge >= 0.3 is 0 Å². The summed E-state index contributed by atoms with van der Waals surface area (Å²) in [5.41, 5.74) is 3.18. The van der Waals surface area contributed by atoms with Crippen molar-refractivity contribution in [3.63, 3.8) is 0 Å². The molecule has 0 bridgehead atoms. The number of nitrogens with zero attached hydrogens (tertiary/aromatic N) is 3. The first-order chi connectivity index (χ1) is 15.7. The van der Waals surface area contributed by atoms with Crippen molar-refractivity contribution in [3.05, 3.63) is 83.9 Å². The maximum atomic E-state index is 14.1. The molecule has 8 heteroatoms. The van der Waals surface area contributed by atoms with Gasteiger partial charge in [0.05, 0.1) is 18.3 Å². The number of fused-ring (bicyclic) bond motifs is 2. The molecule has 3 heterocycles. The minimum absolute atomic E-state index is 0.348. The van der Waals surface area contributed by atoms with Crippen LogP contribution in [0.3, 0.4) is 0 Å². The molecule has 2 aromatic carbocycles. The number of imidazole rings is 1. The van der Waals surface area contributed by atoms with E-state index in [0.717, 1.165) is 11.8 Å². The third-order valence-electron chi connectivity index (χ3n) is 5.58. The third kappa shape index (κ3) is 3.39. The number of carbonyl (C=O) groups excluding carboxylic acids is 1. The summed E-state index contributed by atoms with van der Waals surface area (Å²) >= 11 is 0. The molecule has 0 saturated carbocycles. The Morgan fingerprint density at radius 1 is 1.19 bits per heavy atom. The van der Waals surface area contributed by atoms with Crippen molar-refractivity contribution in [2.24, 2.45) is 0 Å². The van der Waals surface area contributed by atoms with Gasteiger partial charge in [-0.25, -0.2) is 19.3 Å². The number of H-pyrrole nitrogens is 1. The summed E-state index contributed by atoms with van der Waals surface area (Å²) in [5.74, 6) is 0.722. The van der Waals surface area contributed by atoms with E-state index in [2.05, 4.69) is 25.3 Å². The molecule has 7 nitrogen and oxygen atoms in total. The van der Waals surface area contributed by atoms with Crippen molar-refractivity contribution in [3.8, 4) is 5.75 Å². The van der Waals surface area contributed by atoms with Gasteiger partial charge in [-0.3, -0.25) is 0 Å². The zero-order chi connectivity index (χ0) is 22.1. The average molecular weight is 429 g/mol. The van der Waals surface area contributed by atoms with Gasteiger partial charge in [-0.2, -0.15) is 0 Å². The number of aldehydes is 1. The Labute approximate surface area is 183 Å². The number of hydrogen-bond acceptors (Lipinski definition) is 6. The van der Waals surface area contributed by atoms with E-state index >= 15 is 0 Å². The molecule has 2 N–H and O–H groups in total. The van der Waals surface area contributed by atoms with Crippen LogP contribution in [0, 0.1) is 5.82 Å². The number of ether oxygens (including phenoxy) is 1. The maximum Gasteiger partial charge on any atom is 0.162 e. The van der Waals surface area contributed by atoms with Crippen LogP contribution in [0.5, 0.6) is 5.75 Å². The molecule has 0 saturated heterocycles. The molecular formula is C24H20FN5O2. The van der Waals surface area contributed by atoms with E-state index < -0.39 is 5.92 Å². The molecule has 1 aliphatic heterocycles. The molecule has 160 valence electrons. The number of aromatic nitrogens is 4. The fraction of sp³-hybridized carbons (Fsp3) is 0.167. The molecule has 32 heavy (non-hydrogen) atoms. The van der Waals surface area contributed by atoms with Crippen LogP contribution >= 0.6 is 0 Å². The fourth-order valence-electron chi connectivity index (χ4n) is 4.08. The largest absolute Gasteiger partial charge is 0.459 e. The van der Waals surface area contributed by atoms with E-state index in [1.807, 2.05) is 31.2 Å². The van der Waals surface area contributed by atoms with Crippen LogP contribution in [0.15, 0.2) is 66.9 Å². The second kappa shape index (κ2) is 8.22. The molecule has 2 unspecified atom stereocenters. The van der Waals surface area contributed by atoms with E-state index in [1.54, 1.807) is 18.5 Å². The molecule has 0 radical (unpaired) electrons. The first kappa shape index (κ1) is 19.9. The standard InChI is InChI=1S/C24H20FN5O2/c1-2-18(30-24-21-23(27-12-26-21)28-13-29-24)22-20(14-6-5-7-15(25)10-14)17(11-31)16-8-3-4-9-19(16)32-22/h3-13,17-18H,2H2,1H3,(H2,26,27,28,29,30). The van der Waals surface area contributed by atoms with Crippen LogP contribution in [-0.4, -0.2) is 32.3 Å². The summed E-state index contributed by atoms with van der Waals surface area (Å²) in [7, 11) is 0. The lowest BCUT2D eigenvalue weighted by molar-refractivity contribution is -0.108. The predicted octanol–water partition coefficient (Wildman–Crippen LogP) is 4.47. The van der Waals surface area contributed by atoms with Gasteiger partial charge in [-0.15, -0.1) is 0 Å². The number of hydrogen-bond donors (Lipinski definition) is 2. The fourth-order valence-corrected chi connectivity index (χ4v) is 4.08. The predicted molar refractivity (Wildman–Crippen MR) is 119 cm³/mol. The van der Waals surface area contributed by atoms with Gasteiger partial charge in [0.1, 0.15) is 35.5 Å². The lowest BCUT2D eigenvalue weighted by atomic mass is 9.83. The molecule has 0 amide bonds. The summed E-state index contributed by atoms with van der Waals surface area (Å²) in [6, 6.07) is 13.3. The Balaban J connectivity index is 1.67. The van der Waals surface area contributed by atoms with E-state index in [1.165, 1.54) is 18.5 Å². The molecular weight excluding hydrogens is 409 g/mol. The molecule has 1 aliphatic rings. The van der Waals surface area contributed by atoms with E-state index in [-0.39, 0.29) is 11.9 Å². The number of carbonyl (C=O) groups is 1. The Hall–Kier alpha value is -4.07. The van der Waals surface area contributed by atoms with Crippen LogP contribution in [-0.2, 0) is 4.79 Å². The van der Waals surface area contributed by atoms with Crippen LogP contribution < -0.4 is 10.1 Å². The normalized spacial score (nSPS) is 16.4. The number of anilines is 1. The highest BCUT2D eigenvalue weighted by Gasteiger charge is 2.34. The number of rotatable bonds is 6. The van der Waals surface area contributed by atoms with Crippen molar-refractivity contribution in [1.82, 2.24) is 19.9 Å². The van der Waals surface area contributed by atoms with E-state index in [0.29, 0.717) is 46.0 Å². The molecule has 0 fully saturated rings. The third-order valence-corrected chi connectivity index (χ3v) is 5.58. The highest BCUT2D eigenvalue weighted by atomic mass is 19.1. The maximum absolute atomic E-state index is 14.1. The van der Waals surface area contributed by atoms with Crippen LogP contribution in [0.2, 0.25) is 0 Å². The summed E-state index contributed by atoms with van der Waals surface area (Å²) in [5, 5.41) is 3.39. The molecule has 4 aromatic rings. The van der Waals surface area contributed by atoms with Crippen LogP contribution in [0.25, 0.3) is 16.7 Å². The van der Waals surface area contributed by atoms with Gasteiger partial charge in [-0.05, 0) is 30.2 Å². The Morgan fingerprint density at radius 3 is 2.88 bits per heavy atom. The second-order valence-corrected chi connectivity index (χ2v) is 7.47. The SMILES string of the molecule is CCC(Nc1ncnc2[nH]cnc12)C1=C(c2cccc(F)c2)C(C=O)c2ccccc2O1. The first-order valence-corrected chi connectivity index (χ1v) is 10.3. The summed E-state index contributed by atoms with van der Waals surface area (Å²) in [6.45, 7) is 2.00. The van der Waals surface area contributed by atoms with E-state index in [9.17, 15) is 9.18 Å². The highest BCUT2D eigenvalue weighted by molar-refractivity contribution is 5.91. The Kier molecular flexibility index (Phi) is 5.10. The minimum Gasteiger partial charge on any atom is -0.459 e. The Bertz CT molecular complexity index is 1330. The van der Waals surface area contributed by atoms with Crippen molar-refractivity contribution in [1.29, 1.82) is 0 Å². The lowest BCUT2D eigenvalue weighted by Crippen LogP contribution is -2.30. The van der Waals surface area contributed by atoms with Gasteiger partial charge in [0.2, 0.25) is 0 Å². The number of benzene rings is 2. The minimum atomic E-state index is -0.594. The molecule has 0 spiro atoms. The summed E-state index contributed by atoms with van der Waals surface area (Å²) in [6.07, 6.45) is 4.50. The number of nitrogens with one attached hydrogen (secondary N) is 2. The van der Waals surface area contributed by atoms with Crippen molar-refractivity contribution >= 4 is 28.8 Å². The number of para-hydroxylation sites is 1. The zero-order valence-electron chi connectivity index (χ0n) is 17.2. The summed E-state index contributed by atoms with van der Waals surface area (Å²) in [4.78, 5) is 28.1.